The van der Waals surface area contributed by atoms with E-state index in [-0.39, 0.29) is 18.9 Å². The number of amides is 2. The molecule has 7 nitrogen and oxygen atoms in total. The van der Waals surface area contributed by atoms with Gasteiger partial charge in [0.05, 0.1) is 0 Å². The topological polar surface area (TPSA) is 102 Å². The van der Waals surface area contributed by atoms with E-state index in [2.05, 4.69) is 15.5 Å². The third kappa shape index (κ3) is 5.23. The molecule has 0 saturated carbocycles. The average molecular weight is 452 g/mol. The SMILES string of the molecule is CN1Cc2c(Cl)cc(Cl)cc2C(c2cccc(NC(=O)NC(CCO)C(=O)O)c2)C1. The van der Waals surface area contributed by atoms with E-state index < -0.39 is 18.0 Å². The fourth-order valence-corrected chi connectivity index (χ4v) is 4.24. The van der Waals surface area contributed by atoms with E-state index >= 15 is 0 Å². The standard InChI is InChI=1S/C21H23Cl2N3O4/c1-26-10-16(15-8-13(22)9-18(23)17(15)11-26)12-3-2-4-14(7-12)24-21(30)25-19(5-6-27)20(28)29/h2-4,7-9,16,19,27H,5-6,10-11H2,1H3,(H,28,29)(H2,24,25,30). The second kappa shape index (κ2) is 9.66. The fraction of sp³-hybridized carbons (Fsp3) is 0.333. The number of aliphatic carboxylic acids is 1. The van der Waals surface area contributed by atoms with Crippen molar-refractivity contribution in [3.63, 3.8) is 0 Å². The second-order valence-electron chi connectivity index (χ2n) is 7.33. The number of aliphatic hydroxyl groups excluding tert-OH is 1. The van der Waals surface area contributed by atoms with Gasteiger partial charge < -0.3 is 25.7 Å². The number of nitrogens with zero attached hydrogens (tertiary/aromatic N) is 1. The number of likely N-dealkylation sites (N-methyl/N-ethyl adjacent to an activating group) is 1. The van der Waals surface area contributed by atoms with Crippen LogP contribution in [0.4, 0.5) is 10.5 Å². The molecule has 0 saturated heterocycles. The monoisotopic (exact) mass is 451 g/mol. The van der Waals surface area contributed by atoms with E-state index in [1.54, 1.807) is 12.1 Å². The number of carbonyl (C=O) groups is 2. The number of fused-ring (bicyclic) bond motifs is 1. The Hall–Kier alpha value is -2.32. The molecule has 1 aliphatic rings. The highest BCUT2D eigenvalue weighted by molar-refractivity contribution is 6.35. The number of aliphatic hydroxyl groups is 1. The smallest absolute Gasteiger partial charge is 0.326 e. The first-order valence-corrected chi connectivity index (χ1v) is 10.2. The molecule has 0 radical (unpaired) electrons. The van der Waals surface area contributed by atoms with Gasteiger partial charge in [-0.3, -0.25) is 0 Å². The third-order valence-corrected chi connectivity index (χ3v) is 5.62. The van der Waals surface area contributed by atoms with Crippen LogP contribution in [0.2, 0.25) is 10.0 Å². The van der Waals surface area contributed by atoms with Gasteiger partial charge in [0.25, 0.3) is 0 Å². The number of hydrogen-bond acceptors (Lipinski definition) is 4. The largest absolute Gasteiger partial charge is 0.480 e. The summed E-state index contributed by atoms with van der Waals surface area (Å²) < 4.78 is 0. The Labute approximate surface area is 184 Å². The molecule has 2 aromatic rings. The highest BCUT2D eigenvalue weighted by Crippen LogP contribution is 2.38. The first kappa shape index (κ1) is 22.4. The van der Waals surface area contributed by atoms with Crippen LogP contribution >= 0.6 is 23.2 Å². The summed E-state index contributed by atoms with van der Waals surface area (Å²) in [5.74, 6) is -1.19. The van der Waals surface area contributed by atoms with Crippen molar-refractivity contribution in [2.75, 3.05) is 25.5 Å². The van der Waals surface area contributed by atoms with Crippen LogP contribution in [0.25, 0.3) is 0 Å². The Morgan fingerprint density at radius 1 is 1.27 bits per heavy atom. The predicted octanol–water partition coefficient (Wildman–Crippen LogP) is 3.53. The molecule has 0 spiro atoms. The predicted molar refractivity (Wildman–Crippen MR) is 116 cm³/mol. The number of nitrogens with one attached hydrogen (secondary N) is 2. The molecule has 3 rings (SSSR count). The molecule has 2 amide bonds. The number of hydrogen-bond donors (Lipinski definition) is 4. The molecule has 0 aliphatic carbocycles. The maximum atomic E-state index is 12.2. The molecule has 2 atom stereocenters. The molecule has 1 heterocycles. The average Bonchev–Trinajstić information content (AvgIpc) is 2.68. The number of carbonyl (C=O) groups excluding carboxylic acids is 1. The van der Waals surface area contributed by atoms with Crippen LogP contribution in [0.1, 0.15) is 29.0 Å². The van der Waals surface area contributed by atoms with Crippen molar-refractivity contribution in [2.24, 2.45) is 0 Å². The number of urea groups is 1. The van der Waals surface area contributed by atoms with Crippen LogP contribution in [0.5, 0.6) is 0 Å². The van der Waals surface area contributed by atoms with Crippen molar-refractivity contribution in [3.05, 3.63) is 63.1 Å². The number of anilines is 1. The lowest BCUT2D eigenvalue weighted by atomic mass is 9.84. The summed E-state index contributed by atoms with van der Waals surface area (Å²) >= 11 is 12.7. The summed E-state index contributed by atoms with van der Waals surface area (Å²) in [7, 11) is 2.02. The lowest BCUT2D eigenvalue weighted by molar-refractivity contribution is -0.139. The van der Waals surface area contributed by atoms with Gasteiger partial charge in [-0.2, -0.15) is 0 Å². The molecule has 30 heavy (non-hydrogen) atoms. The van der Waals surface area contributed by atoms with Crippen LogP contribution in [0.3, 0.4) is 0 Å². The zero-order chi connectivity index (χ0) is 21.8. The zero-order valence-electron chi connectivity index (χ0n) is 16.4. The summed E-state index contributed by atoms with van der Waals surface area (Å²) in [6, 6.07) is 9.23. The molecule has 0 fully saturated rings. The number of carboxylic acid groups (broad SMARTS) is 1. The molecule has 160 valence electrons. The zero-order valence-corrected chi connectivity index (χ0v) is 17.9. The Morgan fingerprint density at radius 2 is 2.03 bits per heavy atom. The minimum absolute atomic E-state index is 0.0147. The Balaban J connectivity index is 1.83. The van der Waals surface area contributed by atoms with E-state index in [0.29, 0.717) is 15.7 Å². The van der Waals surface area contributed by atoms with Gasteiger partial charge in [-0.05, 0) is 48.0 Å². The Morgan fingerprint density at radius 3 is 2.73 bits per heavy atom. The highest BCUT2D eigenvalue weighted by atomic mass is 35.5. The number of halogens is 2. The molecule has 9 heteroatoms. The van der Waals surface area contributed by atoms with Crippen LogP contribution in [0, 0.1) is 0 Å². The molecule has 2 unspecified atom stereocenters. The van der Waals surface area contributed by atoms with Gasteiger partial charge in [0.2, 0.25) is 0 Å². The van der Waals surface area contributed by atoms with Gasteiger partial charge in [-0.15, -0.1) is 0 Å². The van der Waals surface area contributed by atoms with Gasteiger partial charge >= 0.3 is 12.0 Å². The lowest BCUT2D eigenvalue weighted by Gasteiger charge is -2.33. The van der Waals surface area contributed by atoms with E-state index in [0.717, 1.165) is 29.8 Å². The molecular weight excluding hydrogens is 429 g/mol. The highest BCUT2D eigenvalue weighted by Gasteiger charge is 2.27. The Kier molecular flexibility index (Phi) is 7.20. The minimum atomic E-state index is -1.21. The van der Waals surface area contributed by atoms with Crippen molar-refractivity contribution >= 4 is 40.9 Å². The summed E-state index contributed by atoms with van der Waals surface area (Å²) in [5.41, 5.74) is 3.59. The maximum absolute atomic E-state index is 12.2. The molecule has 0 aromatic heterocycles. The number of rotatable bonds is 6. The second-order valence-corrected chi connectivity index (χ2v) is 8.18. The molecule has 4 N–H and O–H groups in total. The minimum Gasteiger partial charge on any atom is -0.480 e. The van der Waals surface area contributed by atoms with Crippen LogP contribution in [0.15, 0.2) is 36.4 Å². The van der Waals surface area contributed by atoms with Gasteiger partial charge in [-0.25, -0.2) is 9.59 Å². The van der Waals surface area contributed by atoms with Crippen LogP contribution in [-0.4, -0.2) is 53.4 Å². The third-order valence-electron chi connectivity index (χ3n) is 5.06. The summed E-state index contributed by atoms with van der Waals surface area (Å²) in [6.07, 6.45) is -0.0739. The van der Waals surface area contributed by atoms with Crippen molar-refractivity contribution in [3.8, 4) is 0 Å². The van der Waals surface area contributed by atoms with Crippen LogP contribution < -0.4 is 10.6 Å². The Bertz CT molecular complexity index is 954. The fourth-order valence-electron chi connectivity index (χ4n) is 3.68. The summed E-state index contributed by atoms with van der Waals surface area (Å²) in [6.45, 7) is 1.15. The van der Waals surface area contributed by atoms with Gasteiger partial charge in [0.15, 0.2) is 0 Å². The molecule has 0 bridgehead atoms. The van der Waals surface area contributed by atoms with Crippen molar-refractivity contribution < 1.29 is 19.8 Å². The van der Waals surface area contributed by atoms with E-state index in [1.807, 2.05) is 31.3 Å². The van der Waals surface area contributed by atoms with Crippen molar-refractivity contribution in [1.29, 1.82) is 0 Å². The molecule has 1 aliphatic heterocycles. The number of carboxylic acids is 1. The maximum Gasteiger partial charge on any atom is 0.326 e. The molecular formula is C21H23Cl2N3O4. The van der Waals surface area contributed by atoms with E-state index in [4.69, 9.17) is 33.4 Å². The van der Waals surface area contributed by atoms with Crippen molar-refractivity contribution in [2.45, 2.75) is 24.9 Å². The van der Waals surface area contributed by atoms with Crippen molar-refractivity contribution in [1.82, 2.24) is 10.2 Å². The van der Waals surface area contributed by atoms with Gasteiger partial charge in [-0.1, -0.05) is 35.3 Å². The summed E-state index contributed by atoms with van der Waals surface area (Å²) in [5, 5.41) is 24.3. The van der Waals surface area contributed by atoms with Crippen LogP contribution in [-0.2, 0) is 11.3 Å². The quantitative estimate of drug-likeness (QED) is 0.537. The molecule has 2 aromatic carbocycles. The van der Waals surface area contributed by atoms with E-state index in [9.17, 15) is 9.59 Å². The van der Waals surface area contributed by atoms with Gasteiger partial charge in [0, 0.05) is 47.8 Å². The normalized spacial score (nSPS) is 17.1. The van der Waals surface area contributed by atoms with Gasteiger partial charge in [0.1, 0.15) is 6.04 Å². The van der Waals surface area contributed by atoms with E-state index in [1.165, 1.54) is 0 Å². The summed E-state index contributed by atoms with van der Waals surface area (Å²) in [4.78, 5) is 25.6. The lowest BCUT2D eigenvalue weighted by Crippen LogP contribution is -2.43. The first-order valence-electron chi connectivity index (χ1n) is 9.46. The first-order chi connectivity index (χ1) is 14.3. The number of benzene rings is 2.